The lowest BCUT2D eigenvalue weighted by Gasteiger charge is -2.17. The summed E-state index contributed by atoms with van der Waals surface area (Å²) >= 11 is 1.87. The number of benzene rings is 3. The highest BCUT2D eigenvalue weighted by Crippen LogP contribution is 2.37. The van der Waals surface area contributed by atoms with E-state index in [9.17, 15) is 13.2 Å². The lowest BCUT2D eigenvalue weighted by atomic mass is 10.1. The van der Waals surface area contributed by atoms with E-state index in [1.807, 2.05) is 11.3 Å². The van der Waals surface area contributed by atoms with Crippen molar-refractivity contribution in [3.8, 4) is 11.1 Å². The van der Waals surface area contributed by atoms with E-state index in [0.29, 0.717) is 0 Å². The Balaban J connectivity index is 0.000000312. The molecule has 9 heteroatoms. The van der Waals surface area contributed by atoms with Gasteiger partial charge in [0, 0.05) is 4.62 Å². The Morgan fingerprint density at radius 1 is 0.719 bits per heavy atom. The summed E-state index contributed by atoms with van der Waals surface area (Å²) < 4.78 is 59.0. The molecule has 32 heavy (non-hydrogen) atoms. The van der Waals surface area contributed by atoms with Gasteiger partial charge in [-0.25, -0.2) is 0 Å². The first-order chi connectivity index (χ1) is 15.2. The highest BCUT2D eigenvalue weighted by atomic mass is 32.2. The molecular weight excluding hydrogens is 476 g/mol. The molecule has 4 rings (SSSR count). The molecule has 1 N–H and O–H groups in total. The molecule has 0 aliphatic carbocycles. The molecule has 1 aromatic heterocycles. The fraction of sp³-hybridized carbons (Fsp3) is 0.0435. The number of alkyl halides is 3. The molecule has 0 amide bonds. The van der Waals surface area contributed by atoms with Crippen LogP contribution in [0.5, 0.6) is 0 Å². The Bertz CT molecular complexity index is 1190. The second-order valence-corrected chi connectivity index (χ2v) is 11.3. The molecule has 1 heterocycles. The van der Waals surface area contributed by atoms with E-state index in [1.54, 1.807) is 0 Å². The molecular formula is C23H18F3O3PS2. The van der Waals surface area contributed by atoms with Crippen LogP contribution in [0.4, 0.5) is 13.2 Å². The van der Waals surface area contributed by atoms with E-state index in [4.69, 9.17) is 13.0 Å². The van der Waals surface area contributed by atoms with Crippen molar-refractivity contribution in [2.24, 2.45) is 0 Å². The average Bonchev–Trinajstić information content (AvgIpc) is 3.25. The van der Waals surface area contributed by atoms with Gasteiger partial charge in [-0.3, -0.25) is 4.55 Å². The first-order valence-corrected chi connectivity index (χ1v) is 12.9. The van der Waals surface area contributed by atoms with Gasteiger partial charge in [-0.2, -0.15) is 21.6 Å². The van der Waals surface area contributed by atoms with Crippen molar-refractivity contribution < 1.29 is 26.1 Å². The summed E-state index contributed by atoms with van der Waals surface area (Å²) in [4.78, 5) is 0. The van der Waals surface area contributed by atoms with Crippen molar-refractivity contribution in [1.29, 1.82) is 0 Å². The van der Waals surface area contributed by atoms with Gasteiger partial charge >= 0.3 is 15.6 Å². The minimum absolute atomic E-state index is 0.497. The van der Waals surface area contributed by atoms with E-state index in [1.165, 1.54) is 26.4 Å². The molecule has 4 aromatic rings. The summed E-state index contributed by atoms with van der Waals surface area (Å²) in [6.07, 6.45) is 0. The van der Waals surface area contributed by atoms with E-state index in [-0.39, 0.29) is 0 Å². The minimum atomic E-state index is -5.84. The standard InChI is InChI=1S/C22H17PS.CHF3O3S/c1-4-10-18(11-5-1)19-16-22(24-17-19)23(20-12-6-2-7-13-20)21-14-8-3-9-15-21;2-1(3,4)8(5,6)7/h1-17H;(H,5,6,7). The van der Waals surface area contributed by atoms with Crippen LogP contribution in [0.3, 0.4) is 0 Å². The van der Waals surface area contributed by atoms with E-state index in [2.05, 4.69) is 102 Å². The zero-order valence-electron chi connectivity index (χ0n) is 16.5. The maximum absolute atomic E-state index is 10.7. The van der Waals surface area contributed by atoms with Crippen molar-refractivity contribution >= 4 is 44.6 Å². The van der Waals surface area contributed by atoms with Gasteiger partial charge in [0.1, 0.15) is 0 Å². The van der Waals surface area contributed by atoms with Gasteiger partial charge in [0.15, 0.2) is 0 Å². The quantitative estimate of drug-likeness (QED) is 0.229. The van der Waals surface area contributed by atoms with Crippen molar-refractivity contribution in [3.63, 3.8) is 0 Å². The SMILES string of the molecule is O=S(=O)(O)C(F)(F)F.c1ccc(-c2csc(P(c3ccccc3)c3ccccc3)c2)cc1. The third-order valence-electron chi connectivity index (χ3n) is 4.23. The molecule has 0 unspecified atom stereocenters. The van der Waals surface area contributed by atoms with E-state index in [0.717, 1.165) is 0 Å². The van der Waals surface area contributed by atoms with Crippen LogP contribution in [0.1, 0.15) is 0 Å². The van der Waals surface area contributed by atoms with Gasteiger partial charge in [-0.05, 0) is 41.1 Å². The number of halogens is 3. The third-order valence-corrected chi connectivity index (χ3v) is 8.61. The number of hydrogen-bond acceptors (Lipinski definition) is 3. The van der Waals surface area contributed by atoms with Crippen molar-refractivity contribution in [3.05, 3.63) is 102 Å². The molecule has 0 atom stereocenters. The fourth-order valence-corrected chi connectivity index (χ4v) is 6.66. The van der Waals surface area contributed by atoms with Crippen LogP contribution < -0.4 is 15.2 Å². The summed E-state index contributed by atoms with van der Waals surface area (Å²) in [7, 11) is -6.34. The van der Waals surface area contributed by atoms with E-state index < -0.39 is 23.5 Å². The normalized spacial score (nSPS) is 11.7. The summed E-state index contributed by atoms with van der Waals surface area (Å²) in [5.41, 5.74) is -2.93. The van der Waals surface area contributed by atoms with Crippen LogP contribution in [0.15, 0.2) is 102 Å². The predicted octanol–water partition coefficient (Wildman–Crippen LogP) is 5.57. The second-order valence-electron chi connectivity index (χ2n) is 6.47. The van der Waals surface area contributed by atoms with Crippen LogP contribution in [-0.4, -0.2) is 18.5 Å². The molecule has 0 bridgehead atoms. The summed E-state index contributed by atoms with van der Waals surface area (Å²) in [6.45, 7) is 0. The molecule has 3 nitrogen and oxygen atoms in total. The molecule has 0 saturated carbocycles. The number of rotatable bonds is 4. The molecule has 0 aliphatic heterocycles. The maximum atomic E-state index is 10.7. The van der Waals surface area contributed by atoms with Crippen LogP contribution in [0.2, 0.25) is 0 Å². The smallest absolute Gasteiger partial charge is 0.279 e. The van der Waals surface area contributed by atoms with Gasteiger partial charge in [-0.15, -0.1) is 11.3 Å². The van der Waals surface area contributed by atoms with Gasteiger partial charge in [0.25, 0.3) is 0 Å². The van der Waals surface area contributed by atoms with Gasteiger partial charge in [-0.1, -0.05) is 91.0 Å². The largest absolute Gasteiger partial charge is 0.522 e. The third kappa shape index (κ3) is 6.26. The van der Waals surface area contributed by atoms with Gasteiger partial charge in [0.2, 0.25) is 0 Å². The van der Waals surface area contributed by atoms with Crippen LogP contribution in [0.25, 0.3) is 11.1 Å². The zero-order valence-corrected chi connectivity index (χ0v) is 19.0. The zero-order chi connectivity index (χ0) is 23.2. The first kappa shape index (κ1) is 24.1. The second kappa shape index (κ2) is 10.4. The van der Waals surface area contributed by atoms with Gasteiger partial charge in [0.05, 0.1) is 0 Å². The monoisotopic (exact) mass is 494 g/mol. The maximum Gasteiger partial charge on any atom is 0.522 e. The number of thiophene rings is 1. The Morgan fingerprint density at radius 2 is 1.12 bits per heavy atom. The average molecular weight is 494 g/mol. The molecule has 0 radical (unpaired) electrons. The van der Waals surface area contributed by atoms with E-state index >= 15 is 0 Å². The van der Waals surface area contributed by atoms with Gasteiger partial charge < -0.3 is 0 Å². The topological polar surface area (TPSA) is 54.4 Å². The van der Waals surface area contributed by atoms with Crippen molar-refractivity contribution in [2.75, 3.05) is 0 Å². The molecule has 0 saturated heterocycles. The Labute approximate surface area is 189 Å². The summed E-state index contributed by atoms with van der Waals surface area (Å²) in [5.74, 6) is 0. The molecule has 0 aliphatic rings. The first-order valence-electron chi connectivity index (χ1n) is 9.25. The molecule has 166 valence electrons. The summed E-state index contributed by atoms with van der Waals surface area (Å²) in [5, 5.41) is 5.09. The Morgan fingerprint density at radius 3 is 1.53 bits per heavy atom. The molecule has 0 fully saturated rings. The van der Waals surface area contributed by atoms with Crippen molar-refractivity contribution in [1.82, 2.24) is 0 Å². The van der Waals surface area contributed by atoms with Crippen molar-refractivity contribution in [2.45, 2.75) is 5.51 Å². The lowest BCUT2D eigenvalue weighted by molar-refractivity contribution is -0.0510. The Kier molecular flexibility index (Phi) is 7.85. The predicted molar refractivity (Wildman–Crippen MR) is 126 cm³/mol. The Hall–Kier alpha value is -2.51. The molecule has 0 spiro atoms. The van der Waals surface area contributed by atoms with Crippen LogP contribution in [-0.2, 0) is 10.1 Å². The highest BCUT2D eigenvalue weighted by molar-refractivity contribution is 7.86. The summed E-state index contributed by atoms with van der Waals surface area (Å²) in [6, 6.07) is 34.7. The minimum Gasteiger partial charge on any atom is -0.279 e. The van der Waals surface area contributed by atoms with Crippen LogP contribution >= 0.6 is 19.3 Å². The lowest BCUT2D eigenvalue weighted by Crippen LogP contribution is -2.21. The number of hydrogen-bond donors (Lipinski definition) is 1. The van der Waals surface area contributed by atoms with Crippen LogP contribution in [0, 0.1) is 0 Å². The molecule has 3 aromatic carbocycles. The fourth-order valence-electron chi connectivity index (χ4n) is 2.78. The highest BCUT2D eigenvalue weighted by Gasteiger charge is 2.44.